The van der Waals surface area contributed by atoms with E-state index in [0.29, 0.717) is 18.7 Å². The number of hydrogen-bond acceptors (Lipinski definition) is 3. The summed E-state index contributed by atoms with van der Waals surface area (Å²) in [7, 11) is 0. The number of carbonyl (C=O) groups excluding carboxylic acids is 2. The molecule has 0 radical (unpaired) electrons. The molecule has 2 aliphatic heterocycles. The third kappa shape index (κ3) is 3.15. The smallest absolute Gasteiger partial charge is 0.268 e. The van der Waals surface area contributed by atoms with E-state index < -0.39 is 4.87 Å². The fourth-order valence-corrected chi connectivity index (χ4v) is 6.17. The van der Waals surface area contributed by atoms with Gasteiger partial charge < -0.3 is 9.80 Å². The maximum atomic E-state index is 14.1. The molecule has 0 N–H and O–H groups in total. The molecular weight excluding hydrogens is 416 g/mol. The molecule has 1 saturated heterocycles. The van der Waals surface area contributed by atoms with E-state index in [0.717, 1.165) is 33.7 Å². The van der Waals surface area contributed by atoms with Gasteiger partial charge in [-0.1, -0.05) is 65.7 Å². The van der Waals surface area contributed by atoms with Crippen LogP contribution >= 0.6 is 11.8 Å². The van der Waals surface area contributed by atoms with Gasteiger partial charge in [0.15, 0.2) is 4.87 Å². The molecule has 3 aromatic carbocycles. The molecule has 162 valence electrons. The van der Waals surface area contributed by atoms with Gasteiger partial charge in [-0.2, -0.15) is 0 Å². The number of amides is 2. The molecule has 0 unspecified atom stereocenters. The summed E-state index contributed by atoms with van der Waals surface area (Å²) in [6.07, 6.45) is 0. The van der Waals surface area contributed by atoms with Crippen molar-refractivity contribution in [1.82, 2.24) is 4.90 Å². The van der Waals surface area contributed by atoms with Gasteiger partial charge in [-0.25, -0.2) is 0 Å². The highest BCUT2D eigenvalue weighted by molar-refractivity contribution is 8.01. The minimum absolute atomic E-state index is 0.0249. The average molecular weight is 443 g/mol. The van der Waals surface area contributed by atoms with E-state index in [2.05, 4.69) is 37.3 Å². The summed E-state index contributed by atoms with van der Waals surface area (Å²) >= 11 is 1.58. The summed E-state index contributed by atoms with van der Waals surface area (Å²) in [5.41, 5.74) is 6.77. The predicted octanol–water partition coefficient (Wildman–Crippen LogP) is 5.20. The zero-order chi connectivity index (χ0) is 22.5. The Hall–Kier alpha value is -3.05. The Morgan fingerprint density at radius 1 is 0.969 bits per heavy atom. The number of nitrogens with zero attached hydrogens (tertiary/aromatic N) is 2. The van der Waals surface area contributed by atoms with Crippen molar-refractivity contribution < 1.29 is 9.59 Å². The van der Waals surface area contributed by atoms with Crippen LogP contribution in [0.15, 0.2) is 66.7 Å². The van der Waals surface area contributed by atoms with Crippen LogP contribution in [-0.2, 0) is 16.2 Å². The summed E-state index contributed by atoms with van der Waals surface area (Å²) in [4.78, 5) is 30.5. The first-order valence-electron chi connectivity index (χ1n) is 10.9. The van der Waals surface area contributed by atoms with Crippen LogP contribution in [-0.4, -0.2) is 29.0 Å². The SMILES string of the molecule is Cc1ccc(CN2C(=O)[C@]3(SCCN3C(=O)c3ccccc3C)c3cc(C)ccc32)cc1. The largest absolute Gasteiger partial charge is 0.311 e. The highest BCUT2D eigenvalue weighted by Crippen LogP contribution is 2.55. The lowest BCUT2D eigenvalue weighted by Gasteiger charge is -2.33. The number of fused-ring (bicyclic) bond motifs is 2. The predicted molar refractivity (Wildman–Crippen MR) is 130 cm³/mol. The molecule has 1 spiro atoms. The second-order valence-corrected chi connectivity index (χ2v) is 9.95. The Balaban J connectivity index is 1.60. The second-order valence-electron chi connectivity index (χ2n) is 8.66. The van der Waals surface area contributed by atoms with Gasteiger partial charge >= 0.3 is 0 Å². The molecule has 32 heavy (non-hydrogen) atoms. The van der Waals surface area contributed by atoms with Gasteiger partial charge in [0.2, 0.25) is 0 Å². The zero-order valence-electron chi connectivity index (χ0n) is 18.6. The highest BCUT2D eigenvalue weighted by atomic mass is 32.2. The van der Waals surface area contributed by atoms with Gasteiger partial charge in [-0.05, 0) is 44.0 Å². The lowest BCUT2D eigenvalue weighted by Crippen LogP contribution is -2.50. The van der Waals surface area contributed by atoms with Crippen LogP contribution in [0.4, 0.5) is 5.69 Å². The summed E-state index contributed by atoms with van der Waals surface area (Å²) in [6, 6.07) is 22.0. The quantitative estimate of drug-likeness (QED) is 0.560. The topological polar surface area (TPSA) is 40.6 Å². The molecule has 1 atom stereocenters. The number of benzene rings is 3. The molecule has 4 nitrogen and oxygen atoms in total. The van der Waals surface area contributed by atoms with Crippen LogP contribution in [0.25, 0.3) is 0 Å². The Kier molecular flexibility index (Phi) is 5.09. The zero-order valence-corrected chi connectivity index (χ0v) is 19.4. The van der Waals surface area contributed by atoms with Gasteiger partial charge in [0.1, 0.15) is 0 Å². The van der Waals surface area contributed by atoms with Gasteiger partial charge in [-0.15, -0.1) is 11.8 Å². The Morgan fingerprint density at radius 2 is 1.69 bits per heavy atom. The number of anilines is 1. The summed E-state index contributed by atoms with van der Waals surface area (Å²) in [5.74, 6) is 0.629. The summed E-state index contributed by atoms with van der Waals surface area (Å²) in [6.45, 7) is 7.08. The molecule has 0 aliphatic carbocycles. The lowest BCUT2D eigenvalue weighted by atomic mass is 10.0. The molecular formula is C27H26N2O2S. The first-order valence-corrected chi connectivity index (χ1v) is 11.9. The van der Waals surface area contributed by atoms with Crippen molar-refractivity contribution in [3.05, 3.63) is 100 Å². The minimum atomic E-state index is -1.01. The van der Waals surface area contributed by atoms with E-state index in [1.165, 1.54) is 5.56 Å². The summed E-state index contributed by atoms with van der Waals surface area (Å²) < 4.78 is 0. The van der Waals surface area contributed by atoms with E-state index in [-0.39, 0.29) is 11.8 Å². The molecule has 2 heterocycles. The van der Waals surface area contributed by atoms with Crippen LogP contribution in [0, 0.1) is 20.8 Å². The molecule has 0 bridgehead atoms. The van der Waals surface area contributed by atoms with E-state index >= 15 is 0 Å². The molecule has 2 amide bonds. The standard InChI is InChI=1S/C27H26N2O2S/c1-18-8-11-21(12-9-18)17-28-24-13-10-19(2)16-23(24)27(26(28)31)29(14-15-32-27)25(30)22-7-5-4-6-20(22)3/h4-13,16H,14-15,17H2,1-3H3/t27-/m1/s1. The monoisotopic (exact) mass is 442 g/mol. The van der Waals surface area contributed by atoms with Crippen molar-refractivity contribution in [2.45, 2.75) is 32.2 Å². The number of thioether (sulfide) groups is 1. The normalized spacial score (nSPS) is 19.7. The van der Waals surface area contributed by atoms with Crippen LogP contribution in [0.5, 0.6) is 0 Å². The van der Waals surface area contributed by atoms with Gasteiger partial charge in [0.05, 0.1) is 12.2 Å². The first kappa shape index (κ1) is 20.8. The molecule has 5 heteroatoms. The molecule has 3 aromatic rings. The third-order valence-corrected chi connectivity index (χ3v) is 7.85. The van der Waals surface area contributed by atoms with Crippen molar-refractivity contribution in [3.8, 4) is 0 Å². The van der Waals surface area contributed by atoms with Crippen LogP contribution in [0.3, 0.4) is 0 Å². The van der Waals surface area contributed by atoms with Gasteiger partial charge in [0.25, 0.3) is 11.8 Å². The number of aryl methyl sites for hydroxylation is 3. The van der Waals surface area contributed by atoms with E-state index in [9.17, 15) is 9.59 Å². The molecule has 0 aromatic heterocycles. The van der Waals surface area contributed by atoms with Crippen molar-refractivity contribution in [2.24, 2.45) is 0 Å². The third-order valence-electron chi connectivity index (χ3n) is 6.43. The Labute approximate surface area is 193 Å². The lowest BCUT2D eigenvalue weighted by molar-refractivity contribution is -0.123. The van der Waals surface area contributed by atoms with E-state index in [1.807, 2.05) is 55.1 Å². The van der Waals surface area contributed by atoms with Crippen molar-refractivity contribution in [2.75, 3.05) is 17.2 Å². The van der Waals surface area contributed by atoms with Gasteiger partial charge in [0, 0.05) is 23.4 Å². The first-order chi connectivity index (χ1) is 15.4. The van der Waals surface area contributed by atoms with E-state index in [1.54, 1.807) is 16.7 Å². The van der Waals surface area contributed by atoms with Crippen LogP contribution in [0.1, 0.15) is 38.2 Å². The van der Waals surface area contributed by atoms with Crippen LogP contribution < -0.4 is 4.90 Å². The fourth-order valence-electron chi connectivity index (χ4n) is 4.72. The minimum Gasteiger partial charge on any atom is -0.311 e. The number of rotatable bonds is 3. The highest BCUT2D eigenvalue weighted by Gasteiger charge is 2.59. The fraction of sp³-hybridized carbons (Fsp3) is 0.259. The van der Waals surface area contributed by atoms with Crippen molar-refractivity contribution in [3.63, 3.8) is 0 Å². The Morgan fingerprint density at radius 3 is 2.44 bits per heavy atom. The van der Waals surface area contributed by atoms with E-state index in [4.69, 9.17) is 0 Å². The maximum absolute atomic E-state index is 14.1. The Bertz CT molecular complexity index is 1220. The second kappa shape index (κ2) is 7.82. The van der Waals surface area contributed by atoms with Crippen molar-refractivity contribution >= 4 is 29.3 Å². The maximum Gasteiger partial charge on any atom is 0.268 e. The number of carbonyl (C=O) groups is 2. The van der Waals surface area contributed by atoms with Crippen molar-refractivity contribution in [1.29, 1.82) is 0 Å². The molecule has 1 fully saturated rings. The summed E-state index contributed by atoms with van der Waals surface area (Å²) in [5, 5.41) is 0. The molecule has 5 rings (SSSR count). The molecule has 0 saturated carbocycles. The average Bonchev–Trinajstić information content (AvgIpc) is 3.32. The van der Waals surface area contributed by atoms with Crippen LogP contribution in [0.2, 0.25) is 0 Å². The van der Waals surface area contributed by atoms with Gasteiger partial charge in [-0.3, -0.25) is 9.59 Å². The number of hydrogen-bond donors (Lipinski definition) is 0. The molecule has 2 aliphatic rings.